The van der Waals surface area contributed by atoms with Crippen molar-refractivity contribution in [1.29, 1.82) is 0 Å². The quantitative estimate of drug-likeness (QED) is 0.810. The van der Waals surface area contributed by atoms with E-state index in [4.69, 9.17) is 0 Å². The van der Waals surface area contributed by atoms with Crippen molar-refractivity contribution in [3.63, 3.8) is 0 Å². The van der Waals surface area contributed by atoms with E-state index in [9.17, 15) is 0 Å². The standard InChI is InChI=1S/C12H22IN3/c1-9(2)5-14-7-12(10(3)4)16-8-11(13)6-15-16/h6,8-10,12,14H,5,7H2,1-4H3. The number of rotatable bonds is 6. The van der Waals surface area contributed by atoms with Gasteiger partial charge in [-0.15, -0.1) is 0 Å². The van der Waals surface area contributed by atoms with Crippen LogP contribution in [0.5, 0.6) is 0 Å². The molecule has 92 valence electrons. The molecule has 1 rings (SSSR count). The lowest BCUT2D eigenvalue weighted by Crippen LogP contribution is -2.31. The third kappa shape index (κ3) is 4.41. The molecule has 0 radical (unpaired) electrons. The molecule has 0 aliphatic carbocycles. The lowest BCUT2D eigenvalue weighted by molar-refractivity contribution is 0.324. The minimum absolute atomic E-state index is 0.447. The number of nitrogens with zero attached hydrogens (tertiary/aromatic N) is 2. The highest BCUT2D eigenvalue weighted by molar-refractivity contribution is 14.1. The van der Waals surface area contributed by atoms with Crippen molar-refractivity contribution in [3.8, 4) is 0 Å². The molecular formula is C12H22IN3. The second-order valence-corrected chi connectivity index (χ2v) is 6.25. The maximum absolute atomic E-state index is 4.40. The first-order chi connectivity index (χ1) is 7.50. The minimum atomic E-state index is 0.447. The van der Waals surface area contributed by atoms with Gasteiger partial charge in [0, 0.05) is 12.7 Å². The molecule has 1 aromatic rings. The summed E-state index contributed by atoms with van der Waals surface area (Å²) >= 11 is 2.30. The first kappa shape index (κ1) is 14.0. The van der Waals surface area contributed by atoms with E-state index in [1.165, 1.54) is 3.57 Å². The largest absolute Gasteiger partial charge is 0.314 e. The summed E-state index contributed by atoms with van der Waals surface area (Å²) in [4.78, 5) is 0. The monoisotopic (exact) mass is 335 g/mol. The van der Waals surface area contributed by atoms with Crippen molar-refractivity contribution in [3.05, 3.63) is 16.0 Å². The van der Waals surface area contributed by atoms with Crippen LogP contribution in [-0.4, -0.2) is 22.9 Å². The van der Waals surface area contributed by atoms with Crippen molar-refractivity contribution < 1.29 is 0 Å². The Balaban J connectivity index is 2.55. The van der Waals surface area contributed by atoms with Crippen LogP contribution in [-0.2, 0) is 0 Å². The number of hydrogen-bond acceptors (Lipinski definition) is 2. The average molecular weight is 335 g/mol. The van der Waals surface area contributed by atoms with Gasteiger partial charge in [-0.2, -0.15) is 5.10 Å². The van der Waals surface area contributed by atoms with Crippen molar-refractivity contribution in [2.24, 2.45) is 11.8 Å². The molecule has 1 N–H and O–H groups in total. The summed E-state index contributed by atoms with van der Waals surface area (Å²) < 4.78 is 3.28. The van der Waals surface area contributed by atoms with Crippen LogP contribution < -0.4 is 5.32 Å². The van der Waals surface area contributed by atoms with Gasteiger partial charge in [-0.1, -0.05) is 27.7 Å². The van der Waals surface area contributed by atoms with Gasteiger partial charge in [-0.05, 0) is 41.0 Å². The van der Waals surface area contributed by atoms with Crippen molar-refractivity contribution >= 4 is 22.6 Å². The van der Waals surface area contributed by atoms with Gasteiger partial charge in [-0.25, -0.2) is 0 Å². The van der Waals surface area contributed by atoms with Gasteiger partial charge in [0.2, 0.25) is 0 Å². The topological polar surface area (TPSA) is 29.9 Å². The average Bonchev–Trinajstić information content (AvgIpc) is 2.58. The van der Waals surface area contributed by atoms with Gasteiger partial charge in [-0.3, -0.25) is 4.68 Å². The van der Waals surface area contributed by atoms with Gasteiger partial charge < -0.3 is 5.32 Å². The van der Waals surface area contributed by atoms with Gasteiger partial charge in [0.25, 0.3) is 0 Å². The number of halogens is 1. The zero-order chi connectivity index (χ0) is 12.1. The molecule has 1 atom stereocenters. The van der Waals surface area contributed by atoms with Crippen LogP contribution in [0.2, 0.25) is 0 Å². The molecule has 0 saturated heterocycles. The summed E-state index contributed by atoms with van der Waals surface area (Å²) in [7, 11) is 0. The van der Waals surface area contributed by atoms with Gasteiger partial charge in [0.1, 0.15) is 0 Å². The SMILES string of the molecule is CC(C)CNCC(C(C)C)n1cc(I)cn1. The van der Waals surface area contributed by atoms with Gasteiger partial charge >= 0.3 is 0 Å². The van der Waals surface area contributed by atoms with E-state index >= 15 is 0 Å². The molecule has 0 saturated carbocycles. The Morgan fingerprint density at radius 2 is 2.00 bits per heavy atom. The summed E-state index contributed by atoms with van der Waals surface area (Å²) in [5.41, 5.74) is 0. The highest BCUT2D eigenvalue weighted by Crippen LogP contribution is 2.17. The Labute approximate surface area is 112 Å². The zero-order valence-corrected chi connectivity index (χ0v) is 12.7. The minimum Gasteiger partial charge on any atom is -0.314 e. The maximum atomic E-state index is 4.40. The zero-order valence-electron chi connectivity index (χ0n) is 10.6. The summed E-state index contributed by atoms with van der Waals surface area (Å²) in [5, 5.41) is 7.92. The molecule has 0 aromatic carbocycles. The Morgan fingerprint density at radius 3 is 2.44 bits per heavy atom. The van der Waals surface area contributed by atoms with E-state index in [0.717, 1.165) is 13.1 Å². The Hall–Kier alpha value is -0.100. The lowest BCUT2D eigenvalue weighted by Gasteiger charge is -2.22. The van der Waals surface area contributed by atoms with Crippen molar-refractivity contribution in [2.75, 3.05) is 13.1 Å². The summed E-state index contributed by atoms with van der Waals surface area (Å²) in [5.74, 6) is 1.29. The molecule has 0 spiro atoms. The van der Waals surface area contributed by atoms with E-state index in [1.54, 1.807) is 0 Å². The third-order valence-corrected chi connectivity index (χ3v) is 3.14. The van der Waals surface area contributed by atoms with Crippen LogP contribution in [0, 0.1) is 15.4 Å². The molecule has 16 heavy (non-hydrogen) atoms. The van der Waals surface area contributed by atoms with Crippen LogP contribution in [0.3, 0.4) is 0 Å². The molecular weight excluding hydrogens is 313 g/mol. The maximum Gasteiger partial charge on any atom is 0.0666 e. The molecule has 0 aliphatic heterocycles. The Bertz CT molecular complexity index is 307. The predicted molar refractivity (Wildman–Crippen MR) is 76.5 cm³/mol. The van der Waals surface area contributed by atoms with Gasteiger partial charge in [0.05, 0.1) is 15.8 Å². The smallest absolute Gasteiger partial charge is 0.0666 e. The van der Waals surface area contributed by atoms with E-state index in [2.05, 4.69) is 71.6 Å². The molecule has 0 amide bonds. The second-order valence-electron chi connectivity index (χ2n) is 5.00. The second kappa shape index (κ2) is 6.59. The van der Waals surface area contributed by atoms with Crippen LogP contribution in [0.25, 0.3) is 0 Å². The summed E-state index contributed by atoms with van der Waals surface area (Å²) in [6, 6.07) is 0.447. The van der Waals surface area contributed by atoms with Crippen LogP contribution >= 0.6 is 22.6 Å². The molecule has 0 aliphatic rings. The highest BCUT2D eigenvalue weighted by atomic mass is 127. The van der Waals surface area contributed by atoms with E-state index in [0.29, 0.717) is 17.9 Å². The lowest BCUT2D eigenvalue weighted by atomic mass is 10.0. The summed E-state index contributed by atoms with van der Waals surface area (Å²) in [6.45, 7) is 11.0. The number of hydrogen-bond donors (Lipinski definition) is 1. The Kier molecular flexibility index (Phi) is 5.75. The van der Waals surface area contributed by atoms with E-state index < -0.39 is 0 Å². The van der Waals surface area contributed by atoms with Crippen LogP contribution in [0.4, 0.5) is 0 Å². The molecule has 3 nitrogen and oxygen atoms in total. The fourth-order valence-corrected chi connectivity index (χ4v) is 2.06. The van der Waals surface area contributed by atoms with E-state index in [-0.39, 0.29) is 0 Å². The third-order valence-electron chi connectivity index (χ3n) is 2.59. The fraction of sp³-hybridized carbons (Fsp3) is 0.750. The first-order valence-electron chi connectivity index (χ1n) is 5.91. The first-order valence-corrected chi connectivity index (χ1v) is 6.99. The predicted octanol–water partition coefficient (Wildman–Crippen LogP) is 2.93. The highest BCUT2D eigenvalue weighted by Gasteiger charge is 2.15. The van der Waals surface area contributed by atoms with Crippen LogP contribution in [0.15, 0.2) is 12.4 Å². The van der Waals surface area contributed by atoms with Gasteiger partial charge in [0.15, 0.2) is 0 Å². The normalized spacial score (nSPS) is 13.7. The molecule has 1 aromatic heterocycles. The van der Waals surface area contributed by atoms with E-state index in [1.807, 2.05) is 6.20 Å². The van der Waals surface area contributed by atoms with Crippen molar-refractivity contribution in [2.45, 2.75) is 33.7 Å². The van der Waals surface area contributed by atoms with Crippen molar-refractivity contribution in [1.82, 2.24) is 15.1 Å². The molecule has 1 unspecified atom stereocenters. The number of aromatic nitrogens is 2. The molecule has 1 heterocycles. The molecule has 0 fully saturated rings. The summed E-state index contributed by atoms with van der Waals surface area (Å²) in [6.07, 6.45) is 4.03. The molecule has 0 bridgehead atoms. The Morgan fingerprint density at radius 1 is 1.31 bits per heavy atom. The number of nitrogens with one attached hydrogen (secondary N) is 1. The fourth-order valence-electron chi connectivity index (χ4n) is 1.65. The van der Waals surface area contributed by atoms with Crippen LogP contribution in [0.1, 0.15) is 33.7 Å². The molecule has 4 heteroatoms.